The van der Waals surface area contributed by atoms with Crippen LogP contribution in [0.4, 0.5) is 0 Å². The third-order valence-corrected chi connectivity index (χ3v) is 2.55. The van der Waals surface area contributed by atoms with Crippen molar-refractivity contribution in [1.29, 1.82) is 0 Å². The van der Waals surface area contributed by atoms with E-state index in [1.54, 1.807) is 0 Å². The highest BCUT2D eigenvalue weighted by Crippen LogP contribution is 2.08. The van der Waals surface area contributed by atoms with Crippen LogP contribution in [0.2, 0.25) is 0 Å². The Morgan fingerprint density at radius 1 is 1.36 bits per heavy atom. The average Bonchev–Trinajstić information content (AvgIpc) is 2.13. The van der Waals surface area contributed by atoms with E-state index in [9.17, 15) is 0 Å². The van der Waals surface area contributed by atoms with Gasteiger partial charge in [0.25, 0.3) is 0 Å². The Hall–Kier alpha value is -0.380. The van der Waals surface area contributed by atoms with Crippen LogP contribution in [0.25, 0.3) is 0 Å². The summed E-state index contributed by atoms with van der Waals surface area (Å²) < 4.78 is 0.856. The van der Waals surface area contributed by atoms with Crippen molar-refractivity contribution in [2.75, 3.05) is 26.7 Å². The van der Waals surface area contributed by atoms with Gasteiger partial charge in [0.15, 0.2) is 6.29 Å². The molecular weight excluding hydrogens is 178 g/mol. The molecule has 0 fully saturated rings. The zero-order valence-corrected chi connectivity index (χ0v) is 9.45. The van der Waals surface area contributed by atoms with Gasteiger partial charge in [-0.05, 0) is 12.5 Å². The van der Waals surface area contributed by atoms with E-state index in [1.807, 2.05) is 6.08 Å². The molecule has 0 heterocycles. The molecule has 84 valence electrons. The van der Waals surface area contributed by atoms with Crippen LogP contribution in [0.3, 0.4) is 0 Å². The van der Waals surface area contributed by atoms with E-state index in [0.717, 1.165) is 24.1 Å². The number of hydrogen-bond acceptors (Lipinski definition) is 2. The van der Waals surface area contributed by atoms with Crippen LogP contribution in [-0.4, -0.2) is 47.7 Å². The fraction of sp³-hybridized carbons (Fsp3) is 0.818. The van der Waals surface area contributed by atoms with Crippen LogP contribution in [0.1, 0.15) is 26.2 Å². The van der Waals surface area contributed by atoms with Crippen molar-refractivity contribution in [3.05, 3.63) is 12.7 Å². The molecule has 1 unspecified atom stereocenters. The minimum atomic E-state index is -1.18. The second-order valence-corrected chi connectivity index (χ2v) is 4.16. The molecule has 0 amide bonds. The maximum Gasteiger partial charge on any atom is 0.156 e. The van der Waals surface area contributed by atoms with Gasteiger partial charge in [-0.25, -0.2) is 0 Å². The molecule has 3 heteroatoms. The first-order valence-electron chi connectivity index (χ1n) is 5.34. The maximum atomic E-state index is 8.83. The zero-order chi connectivity index (χ0) is 11.0. The number of hydrogen-bond donors (Lipinski definition) is 2. The third kappa shape index (κ3) is 6.13. The number of unbranched alkanes of at least 4 members (excludes halogenated alkanes) is 1. The lowest BCUT2D eigenvalue weighted by Gasteiger charge is -2.33. The Morgan fingerprint density at radius 2 is 2.00 bits per heavy atom. The Balaban J connectivity index is 4.01. The van der Waals surface area contributed by atoms with Crippen molar-refractivity contribution < 1.29 is 14.7 Å². The highest BCUT2D eigenvalue weighted by Gasteiger charge is 2.19. The van der Waals surface area contributed by atoms with E-state index in [0.29, 0.717) is 6.42 Å². The Morgan fingerprint density at radius 3 is 2.43 bits per heavy atom. The van der Waals surface area contributed by atoms with Crippen LogP contribution < -0.4 is 0 Å². The molecule has 0 aromatic rings. The van der Waals surface area contributed by atoms with E-state index in [-0.39, 0.29) is 0 Å². The summed E-state index contributed by atoms with van der Waals surface area (Å²) in [5, 5.41) is 17.7. The predicted molar refractivity (Wildman–Crippen MR) is 58.7 cm³/mol. The van der Waals surface area contributed by atoms with E-state index < -0.39 is 6.29 Å². The first-order valence-corrected chi connectivity index (χ1v) is 5.34. The quantitative estimate of drug-likeness (QED) is 0.352. The topological polar surface area (TPSA) is 40.5 Å². The SMILES string of the molecule is C=CC[N+](C)(CCCC)CCC(O)O. The number of likely N-dealkylation sites (N-methyl/N-ethyl adjacent to an activating group) is 1. The molecule has 0 spiro atoms. The standard InChI is InChI=1S/C11H24NO2/c1-4-6-9-12(3,8-5-2)10-7-11(13)14/h5,11,13-14H,2,4,6-10H2,1,3H3/q+1. The van der Waals surface area contributed by atoms with Crippen LogP contribution in [0, 0.1) is 0 Å². The van der Waals surface area contributed by atoms with Crippen LogP contribution >= 0.6 is 0 Å². The van der Waals surface area contributed by atoms with Crippen molar-refractivity contribution in [1.82, 2.24) is 0 Å². The molecule has 0 bridgehead atoms. The van der Waals surface area contributed by atoms with Gasteiger partial charge in [0.1, 0.15) is 0 Å². The molecule has 0 aromatic carbocycles. The molecule has 0 aliphatic heterocycles. The molecule has 0 aliphatic rings. The highest BCUT2D eigenvalue weighted by atomic mass is 16.5. The molecule has 1 atom stereocenters. The molecule has 0 radical (unpaired) electrons. The third-order valence-electron chi connectivity index (χ3n) is 2.55. The smallest absolute Gasteiger partial charge is 0.156 e. The molecular formula is C11H24NO2+. The van der Waals surface area contributed by atoms with Gasteiger partial charge >= 0.3 is 0 Å². The molecule has 3 nitrogen and oxygen atoms in total. The Kier molecular flexibility index (Phi) is 6.79. The summed E-state index contributed by atoms with van der Waals surface area (Å²) in [6.45, 7) is 8.68. The van der Waals surface area contributed by atoms with Gasteiger partial charge in [0.2, 0.25) is 0 Å². The average molecular weight is 202 g/mol. The van der Waals surface area contributed by atoms with Crippen molar-refractivity contribution in [3.8, 4) is 0 Å². The molecule has 0 saturated carbocycles. The van der Waals surface area contributed by atoms with Gasteiger partial charge in [-0.1, -0.05) is 19.9 Å². The predicted octanol–water partition coefficient (Wildman–Crippen LogP) is 1.12. The van der Waals surface area contributed by atoms with Crippen LogP contribution in [-0.2, 0) is 0 Å². The minimum absolute atomic E-state index is 0.439. The largest absolute Gasteiger partial charge is 0.368 e. The number of quaternary nitrogens is 1. The first-order chi connectivity index (χ1) is 6.54. The number of rotatable bonds is 8. The van der Waals surface area contributed by atoms with Gasteiger partial charge in [-0.2, -0.15) is 0 Å². The zero-order valence-electron chi connectivity index (χ0n) is 9.45. The molecule has 0 rings (SSSR count). The minimum Gasteiger partial charge on any atom is -0.368 e. The van der Waals surface area contributed by atoms with Crippen molar-refractivity contribution >= 4 is 0 Å². The number of aliphatic hydroxyl groups is 2. The second kappa shape index (κ2) is 6.98. The van der Waals surface area contributed by atoms with Gasteiger partial charge in [0, 0.05) is 6.42 Å². The van der Waals surface area contributed by atoms with E-state index in [1.165, 1.54) is 12.8 Å². The van der Waals surface area contributed by atoms with Gasteiger partial charge < -0.3 is 14.7 Å². The van der Waals surface area contributed by atoms with Gasteiger partial charge in [0.05, 0.1) is 26.7 Å². The molecule has 0 aromatic heterocycles. The molecule has 0 aliphatic carbocycles. The fourth-order valence-corrected chi connectivity index (χ4v) is 1.57. The lowest BCUT2D eigenvalue weighted by atomic mass is 10.2. The summed E-state index contributed by atoms with van der Waals surface area (Å²) in [6, 6.07) is 0. The Bertz CT molecular complexity index is 159. The summed E-state index contributed by atoms with van der Waals surface area (Å²) in [4.78, 5) is 0. The fourth-order valence-electron chi connectivity index (χ4n) is 1.57. The molecule has 2 N–H and O–H groups in total. The highest BCUT2D eigenvalue weighted by molar-refractivity contribution is 4.65. The van der Waals surface area contributed by atoms with Crippen LogP contribution in [0.5, 0.6) is 0 Å². The first kappa shape index (κ1) is 13.6. The summed E-state index contributed by atoms with van der Waals surface area (Å²) in [5.41, 5.74) is 0. The summed E-state index contributed by atoms with van der Waals surface area (Å²) >= 11 is 0. The summed E-state index contributed by atoms with van der Waals surface area (Å²) in [6.07, 6.45) is 3.50. The lowest BCUT2D eigenvalue weighted by molar-refractivity contribution is -0.905. The van der Waals surface area contributed by atoms with Crippen LogP contribution in [0.15, 0.2) is 12.7 Å². The van der Waals surface area contributed by atoms with Crippen molar-refractivity contribution in [2.45, 2.75) is 32.5 Å². The number of aliphatic hydroxyl groups excluding tert-OH is 1. The monoisotopic (exact) mass is 202 g/mol. The maximum absolute atomic E-state index is 8.83. The van der Waals surface area contributed by atoms with Gasteiger partial charge in [-0.3, -0.25) is 0 Å². The van der Waals surface area contributed by atoms with Crippen molar-refractivity contribution in [3.63, 3.8) is 0 Å². The van der Waals surface area contributed by atoms with Crippen molar-refractivity contribution in [2.24, 2.45) is 0 Å². The lowest BCUT2D eigenvalue weighted by Crippen LogP contribution is -2.46. The molecule has 0 saturated heterocycles. The normalized spacial score (nSPS) is 15.5. The Labute approximate surface area is 87.3 Å². The summed E-state index contributed by atoms with van der Waals surface area (Å²) in [5.74, 6) is 0. The molecule has 14 heavy (non-hydrogen) atoms. The summed E-state index contributed by atoms with van der Waals surface area (Å²) in [7, 11) is 2.14. The van der Waals surface area contributed by atoms with E-state index >= 15 is 0 Å². The van der Waals surface area contributed by atoms with E-state index in [2.05, 4.69) is 20.6 Å². The number of nitrogens with zero attached hydrogens (tertiary/aromatic N) is 1. The van der Waals surface area contributed by atoms with E-state index in [4.69, 9.17) is 10.2 Å². The van der Waals surface area contributed by atoms with Gasteiger partial charge in [-0.15, -0.1) is 0 Å². The second-order valence-electron chi connectivity index (χ2n) is 4.16.